The molecule has 0 spiro atoms. The van der Waals surface area contributed by atoms with Gasteiger partial charge in [0.2, 0.25) is 0 Å². The molecule has 1 aromatic rings. The number of carbonyl (C=O) groups is 1. The van der Waals surface area contributed by atoms with Crippen LogP contribution < -0.4 is 0 Å². The number of allylic oxidation sites excluding steroid dienone is 4. The van der Waals surface area contributed by atoms with Gasteiger partial charge in [0.25, 0.3) is 0 Å². The number of halogens is 2. The molecule has 0 radical (unpaired) electrons. The Hall–Kier alpha value is -2.48. The SMILES string of the molecule is N#CC=CC=CC1CCC(C(=O)OC2CCC(c3ccc(F)c(F)c3)CC2)CC1. The molecule has 0 aliphatic heterocycles. The molecule has 2 aliphatic rings. The average Bonchev–Trinajstić information content (AvgIpc) is 2.74. The summed E-state index contributed by atoms with van der Waals surface area (Å²) in [7, 11) is 0. The standard InChI is InChI=1S/C24H27F2NO2/c25-22-14-11-20(16-23(22)26)18-9-12-21(13-10-18)29-24(28)19-7-5-17(6-8-19)4-2-1-3-15-27/h1-4,11,14,16-19,21H,5-10,12-13H2. The van der Waals surface area contributed by atoms with Crippen LogP contribution in [0.3, 0.4) is 0 Å². The summed E-state index contributed by atoms with van der Waals surface area (Å²) in [6.45, 7) is 0. The first-order chi connectivity index (χ1) is 14.1. The molecule has 0 bridgehead atoms. The molecule has 2 fully saturated rings. The van der Waals surface area contributed by atoms with Gasteiger partial charge in [-0.25, -0.2) is 8.78 Å². The molecule has 154 valence electrons. The minimum atomic E-state index is -0.819. The molecule has 3 nitrogen and oxygen atoms in total. The van der Waals surface area contributed by atoms with E-state index in [-0.39, 0.29) is 23.9 Å². The Morgan fingerprint density at radius 2 is 1.72 bits per heavy atom. The first kappa shape index (κ1) is 21.2. The van der Waals surface area contributed by atoms with Gasteiger partial charge >= 0.3 is 5.97 Å². The fourth-order valence-electron chi connectivity index (χ4n) is 4.41. The molecule has 0 heterocycles. The largest absolute Gasteiger partial charge is 0.462 e. The van der Waals surface area contributed by atoms with Crippen molar-refractivity contribution in [3.8, 4) is 6.07 Å². The van der Waals surface area contributed by atoms with Gasteiger partial charge in [-0.15, -0.1) is 0 Å². The third-order valence-electron chi connectivity index (χ3n) is 6.14. The number of rotatable bonds is 5. The minimum absolute atomic E-state index is 0.0294. The quantitative estimate of drug-likeness (QED) is 0.348. The minimum Gasteiger partial charge on any atom is -0.462 e. The van der Waals surface area contributed by atoms with E-state index in [4.69, 9.17) is 10.00 Å². The zero-order valence-electron chi connectivity index (χ0n) is 16.5. The van der Waals surface area contributed by atoms with Crippen molar-refractivity contribution in [2.45, 2.75) is 63.4 Å². The molecule has 2 saturated carbocycles. The van der Waals surface area contributed by atoms with Crippen molar-refractivity contribution in [3.05, 3.63) is 59.7 Å². The fourth-order valence-corrected chi connectivity index (χ4v) is 4.41. The van der Waals surface area contributed by atoms with Crippen molar-refractivity contribution in [2.24, 2.45) is 11.8 Å². The molecule has 0 saturated heterocycles. The third kappa shape index (κ3) is 6.00. The molecule has 0 N–H and O–H groups in total. The predicted molar refractivity (Wildman–Crippen MR) is 107 cm³/mol. The number of nitriles is 1. The number of benzene rings is 1. The maximum atomic E-state index is 13.5. The first-order valence-corrected chi connectivity index (χ1v) is 10.4. The van der Waals surface area contributed by atoms with Crippen molar-refractivity contribution in [3.63, 3.8) is 0 Å². The Balaban J connectivity index is 1.41. The van der Waals surface area contributed by atoms with E-state index in [1.54, 1.807) is 12.1 Å². The zero-order valence-corrected chi connectivity index (χ0v) is 16.5. The van der Waals surface area contributed by atoms with Gasteiger partial charge in [0.05, 0.1) is 12.0 Å². The topological polar surface area (TPSA) is 50.1 Å². The van der Waals surface area contributed by atoms with E-state index in [1.165, 1.54) is 18.2 Å². The average molecular weight is 399 g/mol. The van der Waals surface area contributed by atoms with E-state index >= 15 is 0 Å². The highest BCUT2D eigenvalue weighted by molar-refractivity contribution is 5.72. The lowest BCUT2D eigenvalue weighted by atomic mass is 9.81. The summed E-state index contributed by atoms with van der Waals surface area (Å²) in [6, 6.07) is 6.08. The summed E-state index contributed by atoms with van der Waals surface area (Å²) in [5.41, 5.74) is 0.824. The van der Waals surface area contributed by atoms with Crippen LogP contribution in [0.25, 0.3) is 0 Å². The monoisotopic (exact) mass is 399 g/mol. The van der Waals surface area contributed by atoms with Crippen molar-refractivity contribution in [1.29, 1.82) is 5.26 Å². The molecule has 0 atom stereocenters. The summed E-state index contributed by atoms with van der Waals surface area (Å²) >= 11 is 0. The molecule has 0 aromatic heterocycles. The summed E-state index contributed by atoms with van der Waals surface area (Å²) in [6.07, 6.45) is 13.9. The summed E-state index contributed by atoms with van der Waals surface area (Å²) < 4.78 is 32.3. The summed E-state index contributed by atoms with van der Waals surface area (Å²) in [5, 5.41) is 8.48. The first-order valence-electron chi connectivity index (χ1n) is 10.4. The second kappa shape index (κ2) is 10.3. The fraction of sp³-hybridized carbons (Fsp3) is 0.500. The highest BCUT2D eigenvalue weighted by atomic mass is 19.2. The van der Waals surface area contributed by atoms with Gasteiger partial charge in [0.15, 0.2) is 11.6 Å². The molecule has 29 heavy (non-hydrogen) atoms. The number of ether oxygens (including phenoxy) is 1. The van der Waals surface area contributed by atoms with Gasteiger partial charge in [-0.1, -0.05) is 24.3 Å². The van der Waals surface area contributed by atoms with Crippen LogP contribution in [0, 0.1) is 34.8 Å². The van der Waals surface area contributed by atoms with Crippen LogP contribution in [-0.4, -0.2) is 12.1 Å². The van der Waals surface area contributed by atoms with Gasteiger partial charge in [-0.3, -0.25) is 4.79 Å². The van der Waals surface area contributed by atoms with Crippen LogP contribution in [0.1, 0.15) is 62.8 Å². The molecular formula is C24H27F2NO2. The second-order valence-electron chi connectivity index (χ2n) is 8.07. The van der Waals surface area contributed by atoms with E-state index in [1.807, 2.05) is 12.1 Å². The highest BCUT2D eigenvalue weighted by Gasteiger charge is 2.30. The van der Waals surface area contributed by atoms with Gasteiger partial charge < -0.3 is 4.74 Å². The Labute approximate surface area is 171 Å². The van der Waals surface area contributed by atoms with Gasteiger partial charge in [0.1, 0.15) is 6.10 Å². The maximum absolute atomic E-state index is 13.5. The van der Waals surface area contributed by atoms with Crippen LogP contribution in [-0.2, 0) is 9.53 Å². The lowest BCUT2D eigenvalue weighted by Crippen LogP contribution is -2.29. The molecule has 3 rings (SSSR count). The van der Waals surface area contributed by atoms with Crippen molar-refractivity contribution in [1.82, 2.24) is 0 Å². The summed E-state index contributed by atoms with van der Waals surface area (Å²) in [4.78, 5) is 12.5. The number of nitrogens with zero attached hydrogens (tertiary/aromatic N) is 1. The highest BCUT2D eigenvalue weighted by Crippen LogP contribution is 2.36. The number of hydrogen-bond acceptors (Lipinski definition) is 3. The van der Waals surface area contributed by atoms with Crippen LogP contribution in [0.5, 0.6) is 0 Å². The number of esters is 1. The predicted octanol–water partition coefficient (Wildman–Crippen LogP) is 5.98. The van der Waals surface area contributed by atoms with Gasteiger partial charge in [-0.05, 0) is 80.9 Å². The van der Waals surface area contributed by atoms with Crippen LogP contribution >= 0.6 is 0 Å². The van der Waals surface area contributed by atoms with Crippen molar-refractivity contribution in [2.75, 3.05) is 0 Å². The Bertz CT molecular complexity index is 796. The Morgan fingerprint density at radius 1 is 1.00 bits per heavy atom. The van der Waals surface area contributed by atoms with Gasteiger partial charge in [0, 0.05) is 6.08 Å². The Kier molecular flexibility index (Phi) is 7.57. The lowest BCUT2D eigenvalue weighted by Gasteiger charge is -2.31. The van der Waals surface area contributed by atoms with Gasteiger partial charge in [-0.2, -0.15) is 5.26 Å². The van der Waals surface area contributed by atoms with Crippen LogP contribution in [0.2, 0.25) is 0 Å². The lowest BCUT2D eigenvalue weighted by molar-refractivity contribution is -0.157. The molecule has 2 aliphatic carbocycles. The third-order valence-corrected chi connectivity index (χ3v) is 6.14. The molecule has 5 heteroatoms. The molecule has 0 unspecified atom stereocenters. The normalized spacial score (nSPS) is 27.8. The molecule has 1 aromatic carbocycles. The molecular weight excluding hydrogens is 372 g/mol. The van der Waals surface area contributed by atoms with E-state index in [0.717, 1.165) is 56.9 Å². The van der Waals surface area contributed by atoms with E-state index in [2.05, 4.69) is 6.08 Å². The van der Waals surface area contributed by atoms with Crippen LogP contribution in [0.4, 0.5) is 8.78 Å². The zero-order chi connectivity index (χ0) is 20.6. The second-order valence-corrected chi connectivity index (χ2v) is 8.07. The maximum Gasteiger partial charge on any atom is 0.309 e. The number of carbonyl (C=O) groups excluding carboxylic acids is 1. The van der Waals surface area contributed by atoms with Crippen LogP contribution in [0.15, 0.2) is 42.5 Å². The van der Waals surface area contributed by atoms with Crippen molar-refractivity contribution >= 4 is 5.97 Å². The molecule has 0 amide bonds. The van der Waals surface area contributed by atoms with E-state index < -0.39 is 11.6 Å². The van der Waals surface area contributed by atoms with E-state index in [9.17, 15) is 13.6 Å². The Morgan fingerprint density at radius 3 is 2.38 bits per heavy atom. The van der Waals surface area contributed by atoms with Crippen molar-refractivity contribution < 1.29 is 18.3 Å². The van der Waals surface area contributed by atoms with E-state index in [0.29, 0.717) is 5.92 Å². The number of hydrogen-bond donors (Lipinski definition) is 0. The smallest absolute Gasteiger partial charge is 0.309 e. The summed E-state index contributed by atoms with van der Waals surface area (Å²) in [5.74, 6) is -1.10.